The van der Waals surface area contributed by atoms with Gasteiger partial charge in [0, 0.05) is 6.54 Å². The first-order valence-corrected chi connectivity index (χ1v) is 8.50. The van der Waals surface area contributed by atoms with E-state index in [0.717, 1.165) is 23.1 Å². The maximum Gasteiger partial charge on any atom is 0.323 e. The Morgan fingerprint density at radius 2 is 1.85 bits per heavy atom. The molecule has 0 radical (unpaired) electrons. The van der Waals surface area contributed by atoms with E-state index in [2.05, 4.69) is 18.3 Å². The van der Waals surface area contributed by atoms with Crippen LogP contribution in [0.3, 0.4) is 0 Å². The van der Waals surface area contributed by atoms with Crippen molar-refractivity contribution < 1.29 is 9.53 Å². The van der Waals surface area contributed by atoms with Crippen molar-refractivity contribution in [2.75, 3.05) is 7.11 Å². The first kappa shape index (κ1) is 21.7. The lowest BCUT2D eigenvalue weighted by Crippen LogP contribution is -2.42. The Labute approximate surface area is 161 Å². The number of benzene rings is 2. The van der Waals surface area contributed by atoms with Crippen LogP contribution in [-0.2, 0) is 16.1 Å². The molecule has 0 aliphatic carbocycles. The highest BCUT2D eigenvalue weighted by Crippen LogP contribution is 2.23. The molecule has 5 heteroatoms. The Bertz CT molecular complexity index is 753. The lowest BCUT2D eigenvalue weighted by Gasteiger charge is -2.22. The van der Waals surface area contributed by atoms with Gasteiger partial charge in [-0.05, 0) is 28.7 Å². The smallest absolute Gasteiger partial charge is 0.323 e. The first-order chi connectivity index (χ1) is 12.1. The molecular formula is C21H25ClN2O2. The molecule has 0 bridgehead atoms. The molecule has 0 saturated carbocycles. The zero-order chi connectivity index (χ0) is 18.2. The molecule has 0 aliphatic rings. The number of nitrogens with zero attached hydrogens (tertiary/aromatic N) is 1. The number of carbonyl (C=O) groups excluding carboxylic acids is 1. The van der Waals surface area contributed by atoms with E-state index in [9.17, 15) is 10.1 Å². The number of hydrogen-bond donors (Lipinski definition) is 1. The third-order valence-corrected chi connectivity index (χ3v) is 4.51. The molecule has 0 aliphatic heterocycles. The van der Waals surface area contributed by atoms with Crippen LogP contribution in [0.1, 0.15) is 31.4 Å². The fraction of sp³-hybridized carbons (Fsp3) is 0.333. The van der Waals surface area contributed by atoms with Gasteiger partial charge < -0.3 is 10.1 Å². The van der Waals surface area contributed by atoms with Crippen LogP contribution in [0.2, 0.25) is 0 Å². The molecule has 2 rings (SSSR count). The summed E-state index contributed by atoms with van der Waals surface area (Å²) >= 11 is 0. The molecule has 2 aromatic rings. The molecule has 0 fully saturated rings. The third kappa shape index (κ3) is 5.32. The van der Waals surface area contributed by atoms with Crippen molar-refractivity contribution in [1.82, 2.24) is 5.32 Å². The quantitative estimate of drug-likeness (QED) is 0.735. The normalized spacial score (nSPS) is 12.4. The number of ether oxygens (including phenoxy) is 1. The second kappa shape index (κ2) is 10.6. The van der Waals surface area contributed by atoms with Crippen molar-refractivity contribution in [2.24, 2.45) is 5.92 Å². The van der Waals surface area contributed by atoms with Gasteiger partial charge in [0.05, 0.1) is 18.7 Å². The summed E-state index contributed by atoms with van der Waals surface area (Å²) in [6.07, 6.45) is 0.899. The summed E-state index contributed by atoms with van der Waals surface area (Å²) in [5.74, 6) is -0.0249. The summed E-state index contributed by atoms with van der Waals surface area (Å²) in [6, 6.07) is 17.5. The second-order valence-electron chi connectivity index (χ2n) is 6.12. The standard InChI is InChI=1S/C21H24N2O2.ClH/c1-4-15(2)20(21(24)25-3)23-14-16-9-11-17(12-10-16)19-8-6-5-7-18(19)13-22;/h5-12,15,20,23H,4,14H2,1-3H3;1H/t15?,20-;/m0./s1. The van der Waals surface area contributed by atoms with Crippen LogP contribution in [0, 0.1) is 17.2 Å². The van der Waals surface area contributed by atoms with Crippen LogP contribution >= 0.6 is 12.4 Å². The molecule has 0 spiro atoms. The van der Waals surface area contributed by atoms with Gasteiger partial charge in [0.1, 0.15) is 6.04 Å². The monoisotopic (exact) mass is 372 g/mol. The molecule has 0 saturated heterocycles. The number of methoxy groups -OCH3 is 1. The molecule has 0 heterocycles. The lowest BCUT2D eigenvalue weighted by atomic mass is 9.98. The number of halogens is 1. The average Bonchev–Trinajstić information content (AvgIpc) is 2.68. The van der Waals surface area contributed by atoms with Crippen LogP contribution in [0.5, 0.6) is 0 Å². The van der Waals surface area contributed by atoms with E-state index in [4.69, 9.17) is 4.74 Å². The Morgan fingerprint density at radius 3 is 2.42 bits per heavy atom. The summed E-state index contributed by atoms with van der Waals surface area (Å²) in [4.78, 5) is 11.9. The average molecular weight is 373 g/mol. The molecule has 0 amide bonds. The van der Waals surface area contributed by atoms with Crippen molar-refractivity contribution in [3.63, 3.8) is 0 Å². The van der Waals surface area contributed by atoms with Gasteiger partial charge in [-0.15, -0.1) is 12.4 Å². The minimum atomic E-state index is -0.311. The highest BCUT2D eigenvalue weighted by molar-refractivity contribution is 5.85. The zero-order valence-electron chi connectivity index (χ0n) is 15.4. The molecule has 1 unspecified atom stereocenters. The van der Waals surface area contributed by atoms with Crippen molar-refractivity contribution in [1.29, 1.82) is 5.26 Å². The predicted octanol–water partition coefficient (Wildman–Crippen LogP) is 4.32. The van der Waals surface area contributed by atoms with Crippen LogP contribution in [0.4, 0.5) is 0 Å². The third-order valence-electron chi connectivity index (χ3n) is 4.51. The summed E-state index contributed by atoms with van der Waals surface area (Å²) < 4.78 is 4.89. The van der Waals surface area contributed by atoms with Crippen molar-refractivity contribution in [3.8, 4) is 17.2 Å². The molecule has 26 heavy (non-hydrogen) atoms. The van der Waals surface area contributed by atoms with Crippen LogP contribution in [0.25, 0.3) is 11.1 Å². The second-order valence-corrected chi connectivity index (χ2v) is 6.12. The number of nitriles is 1. The summed E-state index contributed by atoms with van der Waals surface area (Å²) in [5.41, 5.74) is 3.68. The highest BCUT2D eigenvalue weighted by Gasteiger charge is 2.24. The number of nitrogens with one attached hydrogen (secondary N) is 1. The van der Waals surface area contributed by atoms with Gasteiger partial charge in [-0.3, -0.25) is 4.79 Å². The van der Waals surface area contributed by atoms with Gasteiger partial charge in [0.2, 0.25) is 0 Å². The lowest BCUT2D eigenvalue weighted by molar-refractivity contribution is -0.144. The summed E-state index contributed by atoms with van der Waals surface area (Å²) in [5, 5.41) is 12.5. The van der Waals surface area contributed by atoms with E-state index >= 15 is 0 Å². The van der Waals surface area contributed by atoms with Gasteiger partial charge in [0.15, 0.2) is 0 Å². The number of esters is 1. The van der Waals surface area contributed by atoms with Gasteiger partial charge in [-0.2, -0.15) is 5.26 Å². The Hall–Kier alpha value is -2.35. The van der Waals surface area contributed by atoms with Crippen LogP contribution in [0.15, 0.2) is 48.5 Å². The SMILES string of the molecule is CCC(C)[C@H](NCc1ccc(-c2ccccc2C#N)cc1)C(=O)OC.Cl. The molecule has 4 nitrogen and oxygen atoms in total. The fourth-order valence-corrected chi connectivity index (χ4v) is 2.74. The van der Waals surface area contributed by atoms with E-state index in [1.807, 2.05) is 55.5 Å². The molecule has 2 aromatic carbocycles. The number of rotatable bonds is 7. The maximum absolute atomic E-state index is 11.9. The van der Waals surface area contributed by atoms with E-state index < -0.39 is 0 Å². The number of hydrogen-bond acceptors (Lipinski definition) is 4. The van der Waals surface area contributed by atoms with Crippen LogP contribution < -0.4 is 5.32 Å². The molecule has 2 atom stereocenters. The van der Waals surface area contributed by atoms with Crippen LogP contribution in [-0.4, -0.2) is 19.1 Å². The predicted molar refractivity (Wildman–Crippen MR) is 106 cm³/mol. The van der Waals surface area contributed by atoms with Crippen molar-refractivity contribution in [3.05, 3.63) is 59.7 Å². The zero-order valence-corrected chi connectivity index (χ0v) is 16.2. The van der Waals surface area contributed by atoms with Gasteiger partial charge in [0.25, 0.3) is 0 Å². The first-order valence-electron chi connectivity index (χ1n) is 8.50. The van der Waals surface area contributed by atoms with Gasteiger partial charge in [-0.1, -0.05) is 62.7 Å². The fourth-order valence-electron chi connectivity index (χ4n) is 2.74. The van der Waals surface area contributed by atoms with E-state index in [-0.39, 0.29) is 30.3 Å². The molecular weight excluding hydrogens is 348 g/mol. The maximum atomic E-state index is 11.9. The van der Waals surface area contributed by atoms with Gasteiger partial charge in [-0.25, -0.2) is 0 Å². The highest BCUT2D eigenvalue weighted by atomic mass is 35.5. The molecule has 0 aromatic heterocycles. The van der Waals surface area contributed by atoms with E-state index in [0.29, 0.717) is 12.1 Å². The van der Waals surface area contributed by atoms with Crippen molar-refractivity contribution >= 4 is 18.4 Å². The van der Waals surface area contributed by atoms with Gasteiger partial charge >= 0.3 is 5.97 Å². The van der Waals surface area contributed by atoms with Crippen molar-refractivity contribution in [2.45, 2.75) is 32.9 Å². The molecule has 1 N–H and O–H groups in total. The van der Waals surface area contributed by atoms with E-state index in [1.165, 1.54) is 7.11 Å². The summed E-state index contributed by atoms with van der Waals surface area (Å²) in [7, 11) is 1.42. The summed E-state index contributed by atoms with van der Waals surface area (Å²) in [6.45, 7) is 4.69. The largest absolute Gasteiger partial charge is 0.468 e. The van der Waals surface area contributed by atoms with E-state index in [1.54, 1.807) is 0 Å². The molecule has 138 valence electrons. The Kier molecular flexibility index (Phi) is 8.84. The number of carbonyl (C=O) groups is 1. The Morgan fingerprint density at radius 1 is 1.19 bits per heavy atom. The minimum Gasteiger partial charge on any atom is -0.468 e. The topological polar surface area (TPSA) is 62.1 Å². The Balaban J connectivity index is 0.00000338. The minimum absolute atomic E-state index is 0.